The van der Waals surface area contributed by atoms with Gasteiger partial charge in [-0.3, -0.25) is 0 Å². The van der Waals surface area contributed by atoms with Crippen molar-refractivity contribution in [1.82, 2.24) is 0 Å². The second-order valence-corrected chi connectivity index (χ2v) is 4.52. The lowest BCUT2D eigenvalue weighted by atomic mass is 9.93. The molecule has 0 aromatic heterocycles. The van der Waals surface area contributed by atoms with Gasteiger partial charge in [0.2, 0.25) is 0 Å². The molecular formula is C12H24O2. The van der Waals surface area contributed by atoms with E-state index < -0.39 is 0 Å². The van der Waals surface area contributed by atoms with Crippen LogP contribution in [0.3, 0.4) is 0 Å². The SMILES string of the molecule is CCCCCC(C)C(O)C1CCCO1. The summed E-state index contributed by atoms with van der Waals surface area (Å²) in [6, 6.07) is 0. The summed E-state index contributed by atoms with van der Waals surface area (Å²) in [5.41, 5.74) is 0. The highest BCUT2D eigenvalue weighted by Gasteiger charge is 2.27. The van der Waals surface area contributed by atoms with E-state index in [1.807, 2.05) is 0 Å². The molecule has 1 aliphatic rings. The molecule has 0 amide bonds. The van der Waals surface area contributed by atoms with Crippen LogP contribution in [-0.4, -0.2) is 23.9 Å². The average molecular weight is 200 g/mol. The first-order valence-corrected chi connectivity index (χ1v) is 6.05. The molecule has 1 rings (SSSR count). The molecule has 3 unspecified atom stereocenters. The number of hydrogen-bond acceptors (Lipinski definition) is 2. The molecular weight excluding hydrogens is 176 g/mol. The minimum Gasteiger partial charge on any atom is -0.390 e. The smallest absolute Gasteiger partial charge is 0.0837 e. The van der Waals surface area contributed by atoms with E-state index in [1.165, 1.54) is 19.3 Å². The minimum absolute atomic E-state index is 0.117. The molecule has 0 aromatic carbocycles. The van der Waals surface area contributed by atoms with Gasteiger partial charge in [-0.2, -0.15) is 0 Å². The molecule has 1 saturated heterocycles. The number of unbranched alkanes of at least 4 members (excludes halogenated alkanes) is 2. The minimum atomic E-state index is -0.241. The Kier molecular flexibility index (Phi) is 5.49. The summed E-state index contributed by atoms with van der Waals surface area (Å²) in [4.78, 5) is 0. The Balaban J connectivity index is 2.17. The summed E-state index contributed by atoms with van der Waals surface area (Å²) in [5.74, 6) is 0.393. The molecule has 0 saturated carbocycles. The van der Waals surface area contributed by atoms with Crippen molar-refractivity contribution in [2.45, 2.75) is 64.6 Å². The van der Waals surface area contributed by atoms with E-state index in [2.05, 4.69) is 13.8 Å². The van der Waals surface area contributed by atoms with Crippen molar-refractivity contribution in [3.05, 3.63) is 0 Å². The van der Waals surface area contributed by atoms with Crippen molar-refractivity contribution in [1.29, 1.82) is 0 Å². The fourth-order valence-electron chi connectivity index (χ4n) is 2.13. The second-order valence-electron chi connectivity index (χ2n) is 4.52. The van der Waals surface area contributed by atoms with Crippen LogP contribution in [0.4, 0.5) is 0 Å². The van der Waals surface area contributed by atoms with Crippen molar-refractivity contribution < 1.29 is 9.84 Å². The van der Waals surface area contributed by atoms with Crippen molar-refractivity contribution >= 4 is 0 Å². The molecule has 14 heavy (non-hydrogen) atoms. The lowest BCUT2D eigenvalue weighted by molar-refractivity contribution is -0.0302. The third kappa shape index (κ3) is 3.58. The van der Waals surface area contributed by atoms with Crippen LogP contribution in [0, 0.1) is 5.92 Å². The van der Waals surface area contributed by atoms with Gasteiger partial charge in [0.25, 0.3) is 0 Å². The molecule has 0 aliphatic carbocycles. The van der Waals surface area contributed by atoms with Crippen molar-refractivity contribution in [3.63, 3.8) is 0 Å². The van der Waals surface area contributed by atoms with Gasteiger partial charge in [0.15, 0.2) is 0 Å². The predicted molar refractivity (Wildman–Crippen MR) is 58.3 cm³/mol. The Labute approximate surface area is 87.7 Å². The number of aliphatic hydroxyl groups is 1. The highest BCUT2D eigenvalue weighted by Crippen LogP contribution is 2.23. The molecule has 1 heterocycles. The third-order valence-corrected chi connectivity index (χ3v) is 3.19. The molecule has 0 bridgehead atoms. The Hall–Kier alpha value is -0.0800. The fourth-order valence-corrected chi connectivity index (χ4v) is 2.13. The molecule has 3 atom stereocenters. The van der Waals surface area contributed by atoms with Gasteiger partial charge in [-0.1, -0.05) is 33.1 Å². The van der Waals surface area contributed by atoms with E-state index in [-0.39, 0.29) is 12.2 Å². The van der Waals surface area contributed by atoms with Crippen LogP contribution in [-0.2, 0) is 4.74 Å². The van der Waals surface area contributed by atoms with Crippen LogP contribution in [0.5, 0.6) is 0 Å². The average Bonchev–Trinajstić information content (AvgIpc) is 2.69. The summed E-state index contributed by atoms with van der Waals surface area (Å²) in [6.07, 6.45) is 6.94. The third-order valence-electron chi connectivity index (χ3n) is 3.19. The van der Waals surface area contributed by atoms with Crippen LogP contribution >= 0.6 is 0 Å². The van der Waals surface area contributed by atoms with Gasteiger partial charge in [-0.15, -0.1) is 0 Å². The van der Waals surface area contributed by atoms with E-state index in [0.29, 0.717) is 5.92 Å². The first-order chi connectivity index (χ1) is 6.75. The highest BCUT2D eigenvalue weighted by molar-refractivity contribution is 4.77. The summed E-state index contributed by atoms with van der Waals surface area (Å²) >= 11 is 0. The van der Waals surface area contributed by atoms with Gasteiger partial charge < -0.3 is 9.84 Å². The van der Waals surface area contributed by atoms with Gasteiger partial charge >= 0.3 is 0 Å². The predicted octanol–water partition coefficient (Wildman–Crippen LogP) is 2.74. The normalized spacial score (nSPS) is 26.4. The summed E-state index contributed by atoms with van der Waals surface area (Å²) in [5, 5.41) is 9.99. The number of rotatable bonds is 6. The van der Waals surface area contributed by atoms with Gasteiger partial charge in [0.05, 0.1) is 12.2 Å². The van der Waals surface area contributed by atoms with Crippen molar-refractivity contribution in [2.75, 3.05) is 6.61 Å². The molecule has 1 fully saturated rings. The number of aliphatic hydroxyl groups excluding tert-OH is 1. The van der Waals surface area contributed by atoms with Crippen LogP contribution < -0.4 is 0 Å². The molecule has 0 spiro atoms. The van der Waals surface area contributed by atoms with Crippen LogP contribution in [0.25, 0.3) is 0 Å². The Morgan fingerprint density at radius 2 is 2.21 bits per heavy atom. The topological polar surface area (TPSA) is 29.5 Å². The van der Waals surface area contributed by atoms with Gasteiger partial charge in [0, 0.05) is 6.61 Å². The molecule has 0 aromatic rings. The Morgan fingerprint density at radius 1 is 1.43 bits per heavy atom. The quantitative estimate of drug-likeness (QED) is 0.668. The fraction of sp³-hybridized carbons (Fsp3) is 1.00. The zero-order valence-electron chi connectivity index (χ0n) is 9.54. The van der Waals surface area contributed by atoms with Crippen LogP contribution in [0.1, 0.15) is 52.4 Å². The Bertz CT molecular complexity index is 141. The largest absolute Gasteiger partial charge is 0.390 e. The maximum Gasteiger partial charge on any atom is 0.0837 e. The molecule has 1 aliphatic heterocycles. The Morgan fingerprint density at radius 3 is 2.79 bits per heavy atom. The number of hydrogen-bond donors (Lipinski definition) is 1. The van der Waals surface area contributed by atoms with Crippen LogP contribution in [0.15, 0.2) is 0 Å². The van der Waals surface area contributed by atoms with Crippen molar-refractivity contribution in [2.24, 2.45) is 5.92 Å². The zero-order valence-corrected chi connectivity index (χ0v) is 9.54. The van der Waals surface area contributed by atoms with E-state index in [4.69, 9.17) is 4.74 Å². The molecule has 1 N–H and O–H groups in total. The van der Waals surface area contributed by atoms with Crippen molar-refractivity contribution in [3.8, 4) is 0 Å². The van der Waals surface area contributed by atoms with E-state index in [1.54, 1.807) is 0 Å². The molecule has 2 nitrogen and oxygen atoms in total. The molecule has 2 heteroatoms. The van der Waals surface area contributed by atoms with E-state index >= 15 is 0 Å². The monoisotopic (exact) mass is 200 g/mol. The first kappa shape index (κ1) is 12.0. The maximum absolute atomic E-state index is 9.99. The lowest BCUT2D eigenvalue weighted by Crippen LogP contribution is -2.31. The number of ether oxygens (including phenoxy) is 1. The van der Waals surface area contributed by atoms with Gasteiger partial charge in [-0.05, 0) is 25.2 Å². The summed E-state index contributed by atoms with van der Waals surface area (Å²) in [6.45, 7) is 5.19. The first-order valence-electron chi connectivity index (χ1n) is 6.05. The van der Waals surface area contributed by atoms with Gasteiger partial charge in [0.1, 0.15) is 0 Å². The zero-order chi connectivity index (χ0) is 10.4. The highest BCUT2D eigenvalue weighted by atomic mass is 16.5. The van der Waals surface area contributed by atoms with Crippen LogP contribution in [0.2, 0.25) is 0 Å². The molecule has 84 valence electrons. The molecule has 0 radical (unpaired) electrons. The standard InChI is InChI=1S/C12H24O2/c1-3-4-5-7-10(2)12(13)11-8-6-9-14-11/h10-13H,3-9H2,1-2H3. The summed E-state index contributed by atoms with van der Waals surface area (Å²) < 4.78 is 5.49. The maximum atomic E-state index is 9.99. The van der Waals surface area contributed by atoms with E-state index in [9.17, 15) is 5.11 Å². The van der Waals surface area contributed by atoms with Gasteiger partial charge in [-0.25, -0.2) is 0 Å². The van der Waals surface area contributed by atoms with E-state index in [0.717, 1.165) is 25.9 Å². The second kappa shape index (κ2) is 6.41. The lowest BCUT2D eigenvalue weighted by Gasteiger charge is -2.23. The summed E-state index contributed by atoms with van der Waals surface area (Å²) in [7, 11) is 0.